The smallest absolute Gasteiger partial charge is 0.306 e. The summed E-state index contributed by atoms with van der Waals surface area (Å²) in [4.78, 5) is 27.3. The maximum Gasteiger partial charge on any atom is 0.306 e. The zero-order chi connectivity index (χ0) is 36.0. The Bertz CT molecular complexity index is 686. The van der Waals surface area contributed by atoms with Crippen LogP contribution in [0.1, 0.15) is 227 Å². The van der Waals surface area contributed by atoms with Crippen molar-refractivity contribution in [3.05, 3.63) is 0 Å². The zero-order valence-corrected chi connectivity index (χ0v) is 33.4. The molecule has 0 rings (SSSR count). The molecule has 0 aromatic carbocycles. The fourth-order valence-corrected chi connectivity index (χ4v) is 6.76. The van der Waals surface area contributed by atoms with E-state index in [1.54, 1.807) is 0 Å². The third kappa shape index (κ3) is 35.1. The lowest BCUT2D eigenvalue weighted by molar-refractivity contribution is -0.150. The fraction of sp³-hybridized carbons (Fsp3) is 0.953. The molecule has 1 N–H and O–H groups in total. The Morgan fingerprint density at radius 1 is 0.469 bits per heavy atom. The van der Waals surface area contributed by atoms with E-state index in [0.29, 0.717) is 19.4 Å². The molecule has 0 aliphatic rings. The number of hydrogen-bond acceptors (Lipinski definition) is 6. The number of rotatable bonds is 39. The van der Waals surface area contributed by atoms with Gasteiger partial charge in [-0.1, -0.05) is 143 Å². The maximum absolute atomic E-state index is 12.7. The third-order valence-electron chi connectivity index (χ3n) is 9.98. The van der Waals surface area contributed by atoms with E-state index in [-0.39, 0.29) is 30.8 Å². The molecule has 0 amide bonds. The molecule has 0 saturated carbocycles. The Balaban J connectivity index is 4.07. The Morgan fingerprint density at radius 3 is 1.31 bits per heavy atom. The second-order valence-electron chi connectivity index (χ2n) is 15.0. The van der Waals surface area contributed by atoms with Gasteiger partial charge in [0.15, 0.2) is 0 Å². The second kappa shape index (κ2) is 38.1. The van der Waals surface area contributed by atoms with Crippen LogP contribution in [0.5, 0.6) is 0 Å². The molecule has 1 atom stereocenters. The summed E-state index contributed by atoms with van der Waals surface area (Å²) in [5.74, 6) is -0.0489. The standard InChI is InChI=1S/C43H85NO5/c1-5-8-11-14-18-24-31-40(4)48-42(46)34-27-21-17-22-29-36-44(38-39-45)37-30-23-28-35-43(47)49-41(32-25-19-15-12-9-6-2)33-26-20-16-13-10-7-3/h40-41,45H,5-39H2,1-4H3. The molecule has 1 unspecified atom stereocenters. The minimum atomic E-state index is -0.0398. The number of nitrogens with zero attached hydrogens (tertiary/aromatic N) is 1. The number of esters is 2. The topological polar surface area (TPSA) is 76.1 Å². The minimum Gasteiger partial charge on any atom is -0.463 e. The highest BCUT2D eigenvalue weighted by Gasteiger charge is 2.15. The van der Waals surface area contributed by atoms with Crippen molar-refractivity contribution in [2.45, 2.75) is 239 Å². The molecule has 0 saturated heterocycles. The molecule has 0 aliphatic carbocycles. The first-order valence-electron chi connectivity index (χ1n) is 21.7. The number of unbranched alkanes of at least 4 members (excludes halogenated alkanes) is 21. The van der Waals surface area contributed by atoms with E-state index in [9.17, 15) is 14.7 Å². The lowest BCUT2D eigenvalue weighted by Gasteiger charge is -2.21. The molecule has 6 nitrogen and oxygen atoms in total. The predicted octanol–water partition coefficient (Wildman–Crippen LogP) is 12.3. The fourth-order valence-electron chi connectivity index (χ4n) is 6.76. The van der Waals surface area contributed by atoms with Gasteiger partial charge < -0.3 is 19.5 Å². The van der Waals surface area contributed by atoms with Crippen molar-refractivity contribution in [2.75, 3.05) is 26.2 Å². The Morgan fingerprint density at radius 2 is 0.837 bits per heavy atom. The number of ether oxygens (including phenoxy) is 2. The highest BCUT2D eigenvalue weighted by atomic mass is 16.5. The molecule has 49 heavy (non-hydrogen) atoms. The average Bonchev–Trinajstić information content (AvgIpc) is 3.08. The summed E-state index contributed by atoms with van der Waals surface area (Å²) in [5.41, 5.74) is 0. The van der Waals surface area contributed by atoms with E-state index in [4.69, 9.17) is 9.47 Å². The summed E-state index contributed by atoms with van der Waals surface area (Å²) in [7, 11) is 0. The van der Waals surface area contributed by atoms with Crippen LogP contribution in [-0.4, -0.2) is 60.4 Å². The number of carbonyl (C=O) groups is 2. The van der Waals surface area contributed by atoms with Gasteiger partial charge >= 0.3 is 11.9 Å². The highest BCUT2D eigenvalue weighted by Crippen LogP contribution is 2.18. The molecule has 0 fully saturated rings. The summed E-state index contributed by atoms with van der Waals surface area (Å²) in [6, 6.07) is 0. The van der Waals surface area contributed by atoms with Crippen LogP contribution in [0.4, 0.5) is 0 Å². The van der Waals surface area contributed by atoms with Crippen LogP contribution in [0.15, 0.2) is 0 Å². The number of carbonyl (C=O) groups excluding carboxylic acids is 2. The molecule has 0 bridgehead atoms. The summed E-state index contributed by atoms with van der Waals surface area (Å²) in [6.45, 7) is 11.6. The first kappa shape index (κ1) is 47.9. The molecular weight excluding hydrogens is 610 g/mol. The monoisotopic (exact) mass is 696 g/mol. The SMILES string of the molecule is CCCCCCCCC(C)OC(=O)CCCCCCCN(CCO)CCCCCC(=O)OC(CCCCCCCC)CCCCCCCC. The van der Waals surface area contributed by atoms with Gasteiger partial charge in [0.1, 0.15) is 6.10 Å². The van der Waals surface area contributed by atoms with Crippen molar-refractivity contribution >= 4 is 11.9 Å². The van der Waals surface area contributed by atoms with Crippen LogP contribution in [0.3, 0.4) is 0 Å². The van der Waals surface area contributed by atoms with Crippen molar-refractivity contribution < 1.29 is 24.2 Å². The van der Waals surface area contributed by atoms with E-state index in [1.807, 2.05) is 6.92 Å². The summed E-state index contributed by atoms with van der Waals surface area (Å²) < 4.78 is 11.6. The molecule has 292 valence electrons. The van der Waals surface area contributed by atoms with Crippen LogP contribution >= 0.6 is 0 Å². The first-order valence-corrected chi connectivity index (χ1v) is 21.7. The second-order valence-corrected chi connectivity index (χ2v) is 15.0. The van der Waals surface area contributed by atoms with Crippen molar-refractivity contribution in [3.63, 3.8) is 0 Å². The third-order valence-corrected chi connectivity index (χ3v) is 9.98. The van der Waals surface area contributed by atoms with Gasteiger partial charge in [0.2, 0.25) is 0 Å². The quantitative estimate of drug-likeness (QED) is 0.0509. The van der Waals surface area contributed by atoms with Crippen LogP contribution in [0.2, 0.25) is 0 Å². The van der Waals surface area contributed by atoms with Crippen molar-refractivity contribution in [3.8, 4) is 0 Å². The van der Waals surface area contributed by atoms with Crippen molar-refractivity contribution in [1.29, 1.82) is 0 Å². The Kier molecular flexibility index (Phi) is 37.2. The summed E-state index contributed by atoms with van der Waals surface area (Å²) in [6.07, 6.45) is 35.5. The number of aliphatic hydroxyl groups is 1. The van der Waals surface area contributed by atoms with E-state index in [0.717, 1.165) is 90.1 Å². The molecule has 6 heteroatoms. The van der Waals surface area contributed by atoms with Crippen molar-refractivity contribution in [1.82, 2.24) is 4.90 Å². The molecule has 0 aromatic heterocycles. The predicted molar refractivity (Wildman–Crippen MR) is 209 cm³/mol. The normalized spacial score (nSPS) is 12.2. The molecule has 0 radical (unpaired) electrons. The van der Waals surface area contributed by atoms with Gasteiger partial charge in [-0.15, -0.1) is 0 Å². The first-order chi connectivity index (χ1) is 24.0. The molecule has 0 heterocycles. The minimum absolute atomic E-state index is 0.00915. The van der Waals surface area contributed by atoms with Gasteiger partial charge in [-0.25, -0.2) is 0 Å². The molecule has 0 spiro atoms. The lowest BCUT2D eigenvalue weighted by atomic mass is 10.0. The van der Waals surface area contributed by atoms with Crippen LogP contribution in [0, 0.1) is 0 Å². The average molecular weight is 696 g/mol. The number of aliphatic hydroxyl groups excluding tert-OH is 1. The maximum atomic E-state index is 12.7. The van der Waals surface area contributed by atoms with Gasteiger partial charge in [0, 0.05) is 19.4 Å². The van der Waals surface area contributed by atoms with E-state index >= 15 is 0 Å². The van der Waals surface area contributed by atoms with Crippen LogP contribution in [0.25, 0.3) is 0 Å². The van der Waals surface area contributed by atoms with Gasteiger partial charge in [-0.3, -0.25) is 9.59 Å². The van der Waals surface area contributed by atoms with E-state index in [2.05, 4.69) is 25.7 Å². The molecule has 0 aromatic rings. The summed E-state index contributed by atoms with van der Waals surface area (Å²) >= 11 is 0. The van der Waals surface area contributed by atoms with Gasteiger partial charge in [0.05, 0.1) is 12.7 Å². The van der Waals surface area contributed by atoms with E-state index < -0.39 is 0 Å². The zero-order valence-electron chi connectivity index (χ0n) is 33.4. The van der Waals surface area contributed by atoms with Crippen molar-refractivity contribution in [2.24, 2.45) is 0 Å². The van der Waals surface area contributed by atoms with Gasteiger partial charge in [0.25, 0.3) is 0 Å². The molecular formula is C43H85NO5. The van der Waals surface area contributed by atoms with Gasteiger partial charge in [-0.05, 0) is 84.2 Å². The van der Waals surface area contributed by atoms with Crippen LogP contribution < -0.4 is 0 Å². The Labute approximate surface area is 305 Å². The summed E-state index contributed by atoms with van der Waals surface area (Å²) in [5, 5.41) is 9.56. The van der Waals surface area contributed by atoms with Gasteiger partial charge in [-0.2, -0.15) is 0 Å². The molecule has 0 aliphatic heterocycles. The largest absolute Gasteiger partial charge is 0.463 e. The van der Waals surface area contributed by atoms with Crippen LogP contribution in [-0.2, 0) is 19.1 Å². The lowest BCUT2D eigenvalue weighted by Crippen LogP contribution is -2.29. The number of hydrogen-bond donors (Lipinski definition) is 1. The van der Waals surface area contributed by atoms with E-state index in [1.165, 1.54) is 109 Å². The Hall–Kier alpha value is -1.14. The highest BCUT2D eigenvalue weighted by molar-refractivity contribution is 5.69.